The molecule has 0 unspecified atom stereocenters. The van der Waals surface area contributed by atoms with E-state index in [1.807, 2.05) is 55.4 Å². The van der Waals surface area contributed by atoms with Crippen LogP contribution in [0.25, 0.3) is 0 Å². The first-order valence-corrected chi connectivity index (χ1v) is 12.6. The van der Waals surface area contributed by atoms with Gasteiger partial charge >= 0.3 is 6.18 Å². The molecule has 0 radical (unpaired) electrons. The van der Waals surface area contributed by atoms with Crippen LogP contribution in [-0.2, 0) is 26.9 Å². The largest absolute Gasteiger partial charge is 0.478 e. The van der Waals surface area contributed by atoms with Crippen molar-refractivity contribution in [3.8, 4) is 11.8 Å². The fraction of sp³-hybridized carbons (Fsp3) is 0.379. The molecule has 2 heterocycles. The summed E-state index contributed by atoms with van der Waals surface area (Å²) in [6.45, 7) is -1.09. The van der Waals surface area contributed by atoms with Crippen molar-refractivity contribution in [1.29, 1.82) is 5.26 Å². The van der Waals surface area contributed by atoms with E-state index < -0.39 is 54.5 Å². The summed E-state index contributed by atoms with van der Waals surface area (Å²) in [5, 5.41) is 29.9. The second-order valence-corrected chi connectivity index (χ2v) is 10.1. The van der Waals surface area contributed by atoms with E-state index in [0.29, 0.717) is 17.7 Å². The number of pyridine rings is 1. The average Bonchev–Trinajstić information content (AvgIpc) is 3.33. The van der Waals surface area contributed by atoms with Gasteiger partial charge in [0.2, 0.25) is 0 Å². The fourth-order valence-electron chi connectivity index (χ4n) is 6.56. The monoisotopic (exact) mass is 555 g/mol. The van der Waals surface area contributed by atoms with Crippen LogP contribution in [0.2, 0.25) is 0 Å². The van der Waals surface area contributed by atoms with Gasteiger partial charge in [0, 0.05) is 30.6 Å². The zero-order chi connectivity index (χ0) is 28.7. The Morgan fingerprint density at radius 2 is 1.77 bits per heavy atom. The summed E-state index contributed by atoms with van der Waals surface area (Å²) in [4.78, 5) is 6.16. The topological polar surface area (TPSA) is 108 Å². The molecule has 1 saturated carbocycles. The van der Waals surface area contributed by atoms with Crippen molar-refractivity contribution in [2.45, 2.75) is 29.4 Å². The Labute approximate surface area is 229 Å². The predicted octanol–water partition coefficient (Wildman–Crippen LogP) is 3.73. The molecule has 1 aliphatic carbocycles. The maximum Gasteiger partial charge on any atom is 0.416 e. The molecule has 5 atom stereocenters. The number of aliphatic hydroxyl groups excluding tert-OH is 2. The van der Waals surface area contributed by atoms with Gasteiger partial charge in [-0.3, -0.25) is 0 Å². The molecule has 0 bridgehead atoms. The molecular formula is C29H28F3N3O5. The number of nitriles is 1. The second-order valence-electron chi connectivity index (χ2n) is 10.1. The first-order chi connectivity index (χ1) is 19.1. The van der Waals surface area contributed by atoms with Gasteiger partial charge in [-0.25, -0.2) is 4.98 Å². The highest BCUT2D eigenvalue weighted by Gasteiger charge is 2.78. The van der Waals surface area contributed by atoms with E-state index in [0.717, 1.165) is 17.7 Å². The molecule has 1 fully saturated rings. The lowest BCUT2D eigenvalue weighted by atomic mass is 9.70. The van der Waals surface area contributed by atoms with Crippen LogP contribution in [-0.4, -0.2) is 60.4 Å². The van der Waals surface area contributed by atoms with Gasteiger partial charge in [0.15, 0.2) is 11.2 Å². The van der Waals surface area contributed by atoms with Crippen molar-refractivity contribution < 1.29 is 37.6 Å². The number of halogens is 3. The van der Waals surface area contributed by atoms with Gasteiger partial charge in [0.25, 0.3) is 0 Å². The Bertz CT molecular complexity index is 1400. The SMILES string of the molecule is CN(C)C[C@H]1[C@@H](OCO)[C@@]2(OCO)c3cnc(C#N)cc3O[C@@]2(c2ccc(C(F)(F)F)cc2)[C@@H]1c1ccccc1. The lowest BCUT2D eigenvalue weighted by Gasteiger charge is -2.43. The number of alkyl halides is 3. The molecule has 1 aliphatic heterocycles. The maximum atomic E-state index is 13.6. The highest BCUT2D eigenvalue weighted by Crippen LogP contribution is 2.70. The van der Waals surface area contributed by atoms with Crippen LogP contribution in [0.15, 0.2) is 66.9 Å². The molecular weight excluding hydrogens is 527 g/mol. The Morgan fingerprint density at radius 1 is 1.07 bits per heavy atom. The van der Waals surface area contributed by atoms with E-state index in [-0.39, 0.29) is 11.4 Å². The molecule has 1 aromatic heterocycles. The van der Waals surface area contributed by atoms with Crippen LogP contribution in [0.3, 0.4) is 0 Å². The van der Waals surface area contributed by atoms with Gasteiger partial charge in [-0.05, 0) is 37.4 Å². The Hall–Kier alpha value is -3.53. The fourth-order valence-corrected chi connectivity index (χ4v) is 6.56. The Balaban J connectivity index is 1.89. The highest BCUT2D eigenvalue weighted by atomic mass is 19.4. The number of benzene rings is 2. The summed E-state index contributed by atoms with van der Waals surface area (Å²) in [6, 6.07) is 17.3. The van der Waals surface area contributed by atoms with Gasteiger partial charge < -0.3 is 29.3 Å². The van der Waals surface area contributed by atoms with Crippen LogP contribution >= 0.6 is 0 Å². The van der Waals surface area contributed by atoms with Gasteiger partial charge in [0.1, 0.15) is 37.2 Å². The summed E-state index contributed by atoms with van der Waals surface area (Å²) < 4.78 is 59.8. The summed E-state index contributed by atoms with van der Waals surface area (Å²) in [5.41, 5.74) is -2.59. The van der Waals surface area contributed by atoms with E-state index >= 15 is 0 Å². The molecule has 0 saturated heterocycles. The molecule has 0 spiro atoms. The molecule has 40 heavy (non-hydrogen) atoms. The quantitative estimate of drug-likeness (QED) is 0.405. The first kappa shape index (κ1) is 28.0. The van der Waals surface area contributed by atoms with Crippen LogP contribution < -0.4 is 4.74 Å². The third kappa shape index (κ3) is 4.15. The van der Waals surface area contributed by atoms with E-state index in [2.05, 4.69) is 4.98 Å². The minimum atomic E-state index is -4.56. The molecule has 5 rings (SSSR count). The molecule has 11 heteroatoms. The Kier molecular flexibility index (Phi) is 7.33. The molecule has 2 aliphatic rings. The minimum Gasteiger partial charge on any atom is -0.478 e. The number of hydrogen-bond acceptors (Lipinski definition) is 8. The summed E-state index contributed by atoms with van der Waals surface area (Å²) in [5.74, 6) is -0.855. The standard InChI is InChI=1S/C29H28F3N3O5/c1-35(2)15-22-25(18-6-4-3-5-7-18)27(19-8-10-20(11-9-19)29(30,31)32)28(39-17-37,26(22)38-16-36)23-14-34-21(13-33)12-24(23)40-27/h3-12,14,22,25-26,36-37H,15-17H2,1-2H3/t22-,25-,26-,27+,28+/m1/s1. The van der Waals surface area contributed by atoms with Gasteiger partial charge in [0.05, 0.1) is 11.1 Å². The number of ether oxygens (including phenoxy) is 3. The molecule has 2 N–H and O–H groups in total. The van der Waals surface area contributed by atoms with Crippen molar-refractivity contribution in [2.24, 2.45) is 5.92 Å². The van der Waals surface area contributed by atoms with Crippen molar-refractivity contribution >= 4 is 0 Å². The number of aliphatic hydroxyl groups is 2. The van der Waals surface area contributed by atoms with E-state index in [1.165, 1.54) is 24.4 Å². The number of rotatable bonds is 8. The van der Waals surface area contributed by atoms with Gasteiger partial charge in [-0.1, -0.05) is 42.5 Å². The van der Waals surface area contributed by atoms with Crippen LogP contribution in [0, 0.1) is 17.2 Å². The summed E-state index contributed by atoms with van der Waals surface area (Å²) in [7, 11) is 3.73. The van der Waals surface area contributed by atoms with Crippen LogP contribution in [0.4, 0.5) is 13.2 Å². The lowest BCUT2D eigenvalue weighted by Crippen LogP contribution is -2.54. The average molecular weight is 556 g/mol. The van der Waals surface area contributed by atoms with Crippen LogP contribution in [0.5, 0.6) is 5.75 Å². The van der Waals surface area contributed by atoms with Crippen molar-refractivity contribution in [2.75, 3.05) is 34.2 Å². The maximum absolute atomic E-state index is 13.6. The predicted molar refractivity (Wildman–Crippen MR) is 136 cm³/mol. The number of hydrogen-bond donors (Lipinski definition) is 2. The lowest BCUT2D eigenvalue weighted by molar-refractivity contribution is -0.241. The number of fused-ring (bicyclic) bond motifs is 3. The van der Waals surface area contributed by atoms with Gasteiger partial charge in [-0.15, -0.1) is 0 Å². The third-order valence-corrected chi connectivity index (χ3v) is 7.78. The van der Waals surface area contributed by atoms with Crippen molar-refractivity contribution in [3.05, 3.63) is 94.8 Å². The van der Waals surface area contributed by atoms with Crippen molar-refractivity contribution in [3.63, 3.8) is 0 Å². The number of aromatic nitrogens is 1. The summed E-state index contributed by atoms with van der Waals surface area (Å²) >= 11 is 0. The molecule has 3 aromatic rings. The third-order valence-electron chi connectivity index (χ3n) is 7.78. The van der Waals surface area contributed by atoms with Crippen molar-refractivity contribution in [1.82, 2.24) is 9.88 Å². The highest BCUT2D eigenvalue weighted by molar-refractivity contribution is 5.56. The second kappa shape index (κ2) is 10.5. The molecule has 0 amide bonds. The number of nitrogens with zero attached hydrogens (tertiary/aromatic N) is 3. The van der Waals surface area contributed by atoms with E-state index in [9.17, 15) is 28.6 Å². The zero-order valence-corrected chi connectivity index (χ0v) is 21.8. The molecule has 8 nitrogen and oxygen atoms in total. The zero-order valence-electron chi connectivity index (χ0n) is 21.8. The van der Waals surface area contributed by atoms with E-state index in [4.69, 9.17) is 14.2 Å². The Morgan fingerprint density at radius 3 is 2.35 bits per heavy atom. The van der Waals surface area contributed by atoms with Gasteiger partial charge in [-0.2, -0.15) is 18.4 Å². The van der Waals surface area contributed by atoms with E-state index in [1.54, 1.807) is 0 Å². The summed E-state index contributed by atoms with van der Waals surface area (Å²) in [6.07, 6.45) is -4.12. The normalized spacial score (nSPS) is 27.2. The first-order valence-electron chi connectivity index (χ1n) is 12.6. The molecule has 210 valence electrons. The minimum absolute atomic E-state index is 0.0566. The smallest absolute Gasteiger partial charge is 0.416 e. The van der Waals surface area contributed by atoms with Crippen LogP contribution in [0.1, 0.15) is 33.9 Å². The molecule has 2 aromatic carbocycles.